The number of nitrogens with one attached hydrogen (secondary N) is 1. The van der Waals surface area contributed by atoms with Crippen molar-refractivity contribution < 1.29 is 36.2 Å². The van der Waals surface area contributed by atoms with Crippen LogP contribution in [0.15, 0.2) is 0 Å². The van der Waals surface area contributed by atoms with Gasteiger partial charge in [0.05, 0.1) is 17.9 Å². The summed E-state index contributed by atoms with van der Waals surface area (Å²) in [5.41, 5.74) is -1.23. The molecular weight excluding hydrogens is 440 g/mol. The largest absolute Gasteiger partial charge is 0.396 e. The molecule has 2 rings (SSSR count). The van der Waals surface area contributed by atoms with Gasteiger partial charge in [-0.2, -0.15) is 16.8 Å². The van der Waals surface area contributed by atoms with Gasteiger partial charge in [-0.3, -0.25) is 23.8 Å². The molecule has 2 fully saturated rings. The quantitative estimate of drug-likeness (QED) is 0.190. The number of hydrogen-bond acceptors (Lipinski definition) is 10. The van der Waals surface area contributed by atoms with Crippen molar-refractivity contribution in [1.82, 2.24) is 20.0 Å². The second-order valence-electron chi connectivity index (χ2n) is 7.90. The molecule has 0 amide bonds. The smallest absolute Gasteiger partial charge is 0.270 e. The van der Waals surface area contributed by atoms with Crippen LogP contribution in [-0.2, 0) is 20.2 Å². The Kier molecular flexibility index (Phi) is 9.42. The van der Waals surface area contributed by atoms with Crippen LogP contribution in [0.1, 0.15) is 6.42 Å². The van der Waals surface area contributed by atoms with Crippen molar-refractivity contribution in [2.24, 2.45) is 0 Å². The van der Waals surface area contributed by atoms with Crippen LogP contribution in [0.5, 0.6) is 0 Å². The van der Waals surface area contributed by atoms with Gasteiger partial charge in [-0.1, -0.05) is 0 Å². The van der Waals surface area contributed by atoms with E-state index in [-0.39, 0.29) is 39.3 Å². The Balaban J connectivity index is 2.27. The predicted molar refractivity (Wildman–Crippen MR) is 111 cm³/mol. The fourth-order valence-corrected chi connectivity index (χ4v) is 6.20. The van der Waals surface area contributed by atoms with E-state index in [1.165, 1.54) is 0 Å². The maximum atomic E-state index is 12.5. The van der Waals surface area contributed by atoms with Gasteiger partial charge in [-0.15, -0.1) is 0 Å². The van der Waals surface area contributed by atoms with E-state index in [2.05, 4.69) is 10.2 Å². The average molecular weight is 475 g/mol. The number of aliphatic hydroxyl groups excluding tert-OH is 2. The zero-order chi connectivity index (χ0) is 22.4. The van der Waals surface area contributed by atoms with Crippen LogP contribution in [0.4, 0.5) is 0 Å². The van der Waals surface area contributed by atoms with E-state index < -0.39 is 36.8 Å². The van der Waals surface area contributed by atoms with E-state index in [1.54, 1.807) is 4.90 Å². The molecule has 2 aliphatic heterocycles. The molecule has 12 nitrogen and oxygen atoms in total. The summed E-state index contributed by atoms with van der Waals surface area (Å²) in [6.07, 6.45) is 0.0143. The normalized spacial score (nSPS) is 26.7. The highest BCUT2D eigenvalue weighted by Gasteiger charge is 2.51. The molecule has 2 atom stereocenters. The van der Waals surface area contributed by atoms with Crippen LogP contribution < -0.4 is 5.32 Å². The van der Waals surface area contributed by atoms with Crippen molar-refractivity contribution in [2.45, 2.75) is 17.2 Å². The molecule has 0 aliphatic carbocycles. The molecule has 30 heavy (non-hydrogen) atoms. The van der Waals surface area contributed by atoms with Gasteiger partial charge in [0.15, 0.2) is 0 Å². The Morgan fingerprint density at radius 1 is 0.900 bits per heavy atom. The number of aliphatic hydroxyl groups is 2. The van der Waals surface area contributed by atoms with E-state index in [4.69, 9.17) is 9.66 Å². The molecule has 0 saturated carbocycles. The zero-order valence-corrected chi connectivity index (χ0v) is 18.7. The van der Waals surface area contributed by atoms with Gasteiger partial charge < -0.3 is 15.5 Å². The first-order chi connectivity index (χ1) is 14.0. The fraction of sp³-hybridized carbons (Fsp3) is 1.00. The second kappa shape index (κ2) is 10.9. The monoisotopic (exact) mass is 474 g/mol. The molecule has 0 radical (unpaired) electrons. The van der Waals surface area contributed by atoms with E-state index in [1.807, 2.05) is 4.90 Å². The second-order valence-corrected chi connectivity index (χ2v) is 11.1. The summed E-state index contributed by atoms with van der Waals surface area (Å²) in [5.74, 6) is -0.571. The summed E-state index contributed by atoms with van der Waals surface area (Å²) < 4.78 is 66.8. The van der Waals surface area contributed by atoms with E-state index in [0.29, 0.717) is 45.8 Å². The SMILES string of the molecule is O=S(=O)(O)CCN1CCNCC1(CCO)C(CN1CCN(CCO)CC1)S(=O)(=O)O. The number of piperazine rings is 2. The van der Waals surface area contributed by atoms with Crippen LogP contribution in [0, 0.1) is 0 Å². The minimum Gasteiger partial charge on any atom is -0.396 e. The minimum atomic E-state index is -4.55. The summed E-state index contributed by atoms with van der Waals surface area (Å²) in [7, 11) is -8.82. The van der Waals surface area contributed by atoms with Gasteiger partial charge >= 0.3 is 0 Å². The summed E-state index contributed by atoms with van der Waals surface area (Å²) >= 11 is 0. The van der Waals surface area contributed by atoms with Crippen LogP contribution in [0.2, 0.25) is 0 Å². The fourth-order valence-electron chi connectivity index (χ4n) is 4.44. The average Bonchev–Trinajstić information content (AvgIpc) is 2.65. The third kappa shape index (κ3) is 7.05. The molecule has 5 N–H and O–H groups in total. The third-order valence-corrected chi connectivity index (χ3v) is 8.05. The van der Waals surface area contributed by atoms with E-state index in [0.717, 1.165) is 0 Å². The van der Waals surface area contributed by atoms with Crippen LogP contribution >= 0.6 is 0 Å². The molecule has 0 aromatic carbocycles. The summed E-state index contributed by atoms with van der Waals surface area (Å²) in [4.78, 5) is 5.62. The van der Waals surface area contributed by atoms with Gasteiger partial charge in [0.1, 0.15) is 5.25 Å². The van der Waals surface area contributed by atoms with E-state index in [9.17, 15) is 26.5 Å². The number of nitrogens with zero attached hydrogens (tertiary/aromatic N) is 3. The topological polar surface area (TPSA) is 171 Å². The molecule has 2 heterocycles. The van der Waals surface area contributed by atoms with Crippen molar-refractivity contribution in [3.8, 4) is 0 Å². The molecule has 0 aromatic rings. The lowest BCUT2D eigenvalue weighted by atomic mass is 9.86. The molecule has 2 unspecified atom stereocenters. The number of β-amino-alcohol motifs (C(OH)–C–C–N with tert-alkyl or cyclic N) is 1. The molecule has 0 bridgehead atoms. The Hall–Kier alpha value is -0.420. The predicted octanol–water partition coefficient (Wildman–Crippen LogP) is -3.23. The first-order valence-corrected chi connectivity index (χ1v) is 13.2. The Morgan fingerprint density at radius 3 is 2.07 bits per heavy atom. The molecular formula is C16H34N4O8S2. The molecule has 178 valence electrons. The van der Waals surface area contributed by atoms with Gasteiger partial charge in [0.2, 0.25) is 0 Å². The molecule has 2 aliphatic rings. The maximum absolute atomic E-state index is 12.5. The van der Waals surface area contributed by atoms with Crippen LogP contribution in [-0.4, -0.2) is 146 Å². The van der Waals surface area contributed by atoms with Crippen molar-refractivity contribution >= 4 is 20.2 Å². The lowest BCUT2D eigenvalue weighted by Gasteiger charge is -2.51. The number of hydrogen-bond donors (Lipinski definition) is 5. The Morgan fingerprint density at radius 2 is 1.53 bits per heavy atom. The third-order valence-electron chi connectivity index (χ3n) is 6.05. The summed E-state index contributed by atoms with van der Waals surface area (Å²) in [6.45, 7) is 3.49. The molecule has 0 spiro atoms. The lowest BCUT2D eigenvalue weighted by molar-refractivity contribution is 0.0221. The van der Waals surface area contributed by atoms with Gasteiger partial charge in [0.25, 0.3) is 20.2 Å². The van der Waals surface area contributed by atoms with Gasteiger partial charge in [-0.05, 0) is 6.42 Å². The highest BCUT2D eigenvalue weighted by molar-refractivity contribution is 7.86. The van der Waals surface area contributed by atoms with Gasteiger partial charge in [-0.25, -0.2) is 0 Å². The first kappa shape index (κ1) is 25.8. The van der Waals surface area contributed by atoms with Crippen LogP contribution in [0.3, 0.4) is 0 Å². The first-order valence-electron chi connectivity index (χ1n) is 10.1. The highest BCUT2D eigenvalue weighted by atomic mass is 32.2. The Bertz CT molecular complexity index is 738. The highest BCUT2D eigenvalue weighted by Crippen LogP contribution is 2.31. The Labute approximate surface area is 178 Å². The van der Waals surface area contributed by atoms with Crippen molar-refractivity contribution in [3.05, 3.63) is 0 Å². The minimum absolute atomic E-state index is 0.0143. The van der Waals surface area contributed by atoms with Crippen molar-refractivity contribution in [3.63, 3.8) is 0 Å². The van der Waals surface area contributed by atoms with E-state index >= 15 is 0 Å². The molecule has 2 saturated heterocycles. The summed E-state index contributed by atoms with van der Waals surface area (Å²) in [5, 5.41) is 20.6. The standard InChI is InChI=1S/C16H34N4O8S2/c21-10-1-16(14-17-2-3-20(16)9-12-29(23,24)25)15(30(26,27)28)13-19-6-4-18(5-7-19)8-11-22/h15,17,21-22H,1-14H2,(H,23,24,25)(H,26,27,28). The maximum Gasteiger partial charge on any atom is 0.270 e. The lowest BCUT2D eigenvalue weighted by Crippen LogP contribution is -2.71. The molecule has 14 heteroatoms. The zero-order valence-electron chi connectivity index (χ0n) is 17.1. The molecule has 0 aromatic heterocycles. The van der Waals surface area contributed by atoms with Crippen molar-refractivity contribution in [1.29, 1.82) is 0 Å². The van der Waals surface area contributed by atoms with Crippen molar-refractivity contribution in [2.75, 3.05) is 84.4 Å². The number of rotatable bonds is 11. The summed E-state index contributed by atoms with van der Waals surface area (Å²) in [6, 6.07) is 0. The van der Waals surface area contributed by atoms with Crippen LogP contribution in [0.25, 0.3) is 0 Å². The van der Waals surface area contributed by atoms with Gasteiger partial charge in [0, 0.05) is 72.1 Å².